The molecule has 1 fully saturated rings. The van der Waals surface area contributed by atoms with Gasteiger partial charge in [0.25, 0.3) is 0 Å². The lowest BCUT2D eigenvalue weighted by Gasteiger charge is -2.37. The van der Waals surface area contributed by atoms with E-state index in [0.717, 1.165) is 49.4 Å². The summed E-state index contributed by atoms with van der Waals surface area (Å²) >= 11 is 3.55. The van der Waals surface area contributed by atoms with Crippen LogP contribution in [0.3, 0.4) is 0 Å². The first-order valence-electron chi connectivity index (χ1n) is 9.33. The summed E-state index contributed by atoms with van der Waals surface area (Å²) in [7, 11) is 1.82. The van der Waals surface area contributed by atoms with Crippen LogP contribution in [0.2, 0.25) is 0 Å². The Balaban J connectivity index is 0.00000280. The molecule has 1 saturated heterocycles. The van der Waals surface area contributed by atoms with E-state index in [0.29, 0.717) is 6.04 Å². The molecule has 1 aliphatic rings. The van der Waals surface area contributed by atoms with Crippen LogP contribution >= 0.6 is 46.7 Å². The minimum atomic E-state index is 0. The van der Waals surface area contributed by atoms with Gasteiger partial charge >= 0.3 is 0 Å². The van der Waals surface area contributed by atoms with Gasteiger partial charge in [0, 0.05) is 36.4 Å². The highest BCUT2D eigenvalue weighted by Gasteiger charge is 2.26. The van der Waals surface area contributed by atoms with Gasteiger partial charge in [-0.2, -0.15) is 0 Å². The average Bonchev–Trinajstić information content (AvgIpc) is 3.28. The standard InChI is InChI=1S/C19H29N5OS2.HI/c1-13-12-24(7-8-25-13)16(17-6-5-9-26-17)10-21-19(20-4)22-11-18-14(2)23-15(3)27-18;/h5-6,9,13,16H,7-8,10-12H2,1-4H3,(H2,20,21,22);1H. The zero-order valence-corrected chi connectivity index (χ0v) is 20.9. The van der Waals surface area contributed by atoms with Crippen LogP contribution in [-0.2, 0) is 11.3 Å². The molecule has 0 spiro atoms. The zero-order valence-electron chi connectivity index (χ0n) is 16.9. The molecule has 0 radical (unpaired) electrons. The Labute approximate surface area is 192 Å². The van der Waals surface area contributed by atoms with Gasteiger partial charge in [0.2, 0.25) is 0 Å². The third-order valence-electron chi connectivity index (χ3n) is 4.69. The van der Waals surface area contributed by atoms with E-state index < -0.39 is 0 Å². The lowest BCUT2D eigenvalue weighted by atomic mass is 10.1. The first-order valence-corrected chi connectivity index (χ1v) is 11.0. The van der Waals surface area contributed by atoms with E-state index in [1.54, 1.807) is 11.3 Å². The van der Waals surface area contributed by atoms with Gasteiger partial charge < -0.3 is 15.4 Å². The summed E-state index contributed by atoms with van der Waals surface area (Å²) in [5.74, 6) is 0.823. The number of aliphatic imine (C=N–C) groups is 1. The molecule has 156 valence electrons. The Hall–Kier alpha value is -0.750. The number of rotatable bonds is 6. The first kappa shape index (κ1) is 23.5. The third kappa shape index (κ3) is 6.38. The van der Waals surface area contributed by atoms with E-state index in [1.807, 2.05) is 25.3 Å². The summed E-state index contributed by atoms with van der Waals surface area (Å²) in [5.41, 5.74) is 1.10. The highest BCUT2D eigenvalue weighted by Crippen LogP contribution is 2.26. The Kier molecular flexibility index (Phi) is 9.61. The van der Waals surface area contributed by atoms with Gasteiger partial charge in [0.1, 0.15) is 0 Å². The molecule has 6 nitrogen and oxygen atoms in total. The van der Waals surface area contributed by atoms with Crippen LogP contribution in [0.1, 0.15) is 33.4 Å². The van der Waals surface area contributed by atoms with Crippen molar-refractivity contribution in [2.45, 2.75) is 39.5 Å². The number of guanidine groups is 1. The molecule has 0 saturated carbocycles. The SMILES string of the molecule is CN=C(NCc1sc(C)nc1C)NCC(c1cccs1)N1CCOC(C)C1.I. The van der Waals surface area contributed by atoms with E-state index in [1.165, 1.54) is 9.75 Å². The molecule has 2 unspecified atom stereocenters. The van der Waals surface area contributed by atoms with Gasteiger partial charge in [-0.3, -0.25) is 9.89 Å². The van der Waals surface area contributed by atoms with E-state index in [-0.39, 0.29) is 30.1 Å². The average molecular weight is 536 g/mol. The van der Waals surface area contributed by atoms with E-state index in [9.17, 15) is 0 Å². The molecular weight excluding hydrogens is 505 g/mol. The molecule has 2 atom stereocenters. The fourth-order valence-corrected chi connectivity index (χ4v) is 5.07. The van der Waals surface area contributed by atoms with Gasteiger partial charge in [-0.25, -0.2) is 4.98 Å². The molecule has 9 heteroatoms. The smallest absolute Gasteiger partial charge is 0.191 e. The fraction of sp³-hybridized carbons (Fsp3) is 0.579. The molecule has 2 aromatic rings. The van der Waals surface area contributed by atoms with Gasteiger partial charge in [-0.05, 0) is 32.2 Å². The maximum Gasteiger partial charge on any atom is 0.191 e. The Bertz CT molecular complexity index is 750. The number of hydrogen-bond acceptors (Lipinski definition) is 6. The van der Waals surface area contributed by atoms with Crippen molar-refractivity contribution in [1.82, 2.24) is 20.5 Å². The molecule has 2 aromatic heterocycles. The number of halogens is 1. The first-order chi connectivity index (χ1) is 13.1. The highest BCUT2D eigenvalue weighted by molar-refractivity contribution is 14.0. The number of thiophene rings is 1. The minimum absolute atomic E-state index is 0. The summed E-state index contributed by atoms with van der Waals surface area (Å²) in [6.45, 7) is 10.5. The fourth-order valence-electron chi connectivity index (χ4n) is 3.33. The van der Waals surface area contributed by atoms with Crippen molar-refractivity contribution in [1.29, 1.82) is 0 Å². The summed E-state index contributed by atoms with van der Waals surface area (Å²) < 4.78 is 5.72. The van der Waals surface area contributed by atoms with Crippen LogP contribution in [0, 0.1) is 13.8 Å². The number of morpholine rings is 1. The number of aryl methyl sites for hydroxylation is 2. The van der Waals surface area contributed by atoms with Gasteiger partial charge in [0.15, 0.2) is 5.96 Å². The maximum atomic E-state index is 5.72. The molecule has 0 amide bonds. The van der Waals surface area contributed by atoms with Crippen LogP contribution in [-0.4, -0.2) is 55.2 Å². The van der Waals surface area contributed by atoms with Crippen LogP contribution < -0.4 is 10.6 Å². The van der Waals surface area contributed by atoms with Crippen LogP contribution in [0.15, 0.2) is 22.5 Å². The third-order valence-corrected chi connectivity index (χ3v) is 6.73. The van der Waals surface area contributed by atoms with Crippen LogP contribution in [0.5, 0.6) is 0 Å². The van der Waals surface area contributed by atoms with Crippen LogP contribution in [0.25, 0.3) is 0 Å². The predicted molar refractivity (Wildman–Crippen MR) is 129 cm³/mol. The van der Waals surface area contributed by atoms with Crippen LogP contribution in [0.4, 0.5) is 0 Å². The predicted octanol–water partition coefficient (Wildman–Crippen LogP) is 3.57. The Morgan fingerprint density at radius 3 is 2.86 bits per heavy atom. The Morgan fingerprint density at radius 1 is 1.43 bits per heavy atom. The quantitative estimate of drug-likeness (QED) is 0.337. The van der Waals surface area contributed by atoms with Gasteiger partial charge in [-0.1, -0.05) is 6.07 Å². The van der Waals surface area contributed by atoms with Crippen molar-refractivity contribution in [3.8, 4) is 0 Å². The maximum absolute atomic E-state index is 5.72. The number of nitrogens with one attached hydrogen (secondary N) is 2. The molecule has 0 bridgehead atoms. The molecule has 28 heavy (non-hydrogen) atoms. The second kappa shape index (κ2) is 11.4. The van der Waals surface area contributed by atoms with Crippen molar-refractivity contribution in [2.75, 3.05) is 33.3 Å². The van der Waals surface area contributed by atoms with Gasteiger partial charge in [0.05, 0.1) is 36.0 Å². The van der Waals surface area contributed by atoms with Crippen molar-refractivity contribution < 1.29 is 4.74 Å². The highest BCUT2D eigenvalue weighted by atomic mass is 127. The number of hydrogen-bond donors (Lipinski definition) is 2. The normalized spacial score (nSPS) is 19.1. The number of aromatic nitrogens is 1. The second-order valence-electron chi connectivity index (χ2n) is 6.76. The van der Waals surface area contributed by atoms with Gasteiger partial charge in [-0.15, -0.1) is 46.7 Å². The van der Waals surface area contributed by atoms with E-state index in [2.05, 4.69) is 56.9 Å². The summed E-state index contributed by atoms with van der Waals surface area (Å²) in [5, 5.41) is 10.2. The number of thiazole rings is 1. The molecule has 0 aliphatic carbocycles. The van der Waals surface area contributed by atoms with E-state index in [4.69, 9.17) is 4.74 Å². The molecule has 0 aromatic carbocycles. The molecule has 3 heterocycles. The largest absolute Gasteiger partial charge is 0.376 e. The number of nitrogens with zero attached hydrogens (tertiary/aromatic N) is 3. The second-order valence-corrected chi connectivity index (χ2v) is 9.02. The molecule has 2 N–H and O–H groups in total. The summed E-state index contributed by atoms with van der Waals surface area (Å²) in [6, 6.07) is 4.66. The molecule has 3 rings (SSSR count). The van der Waals surface area contributed by atoms with E-state index >= 15 is 0 Å². The summed E-state index contributed by atoms with van der Waals surface area (Å²) in [4.78, 5) is 14.0. The molecular formula is C19H30IN5OS2. The monoisotopic (exact) mass is 535 g/mol. The Morgan fingerprint density at radius 2 is 2.25 bits per heavy atom. The van der Waals surface area contributed by atoms with Crippen molar-refractivity contribution in [3.05, 3.63) is 38.0 Å². The topological polar surface area (TPSA) is 61.8 Å². The lowest BCUT2D eigenvalue weighted by molar-refractivity contribution is -0.0334. The zero-order chi connectivity index (χ0) is 19.2. The lowest BCUT2D eigenvalue weighted by Crippen LogP contribution is -2.47. The summed E-state index contributed by atoms with van der Waals surface area (Å²) in [6.07, 6.45) is 0.274. The van der Waals surface area contributed by atoms with Crippen molar-refractivity contribution >= 4 is 52.6 Å². The molecule has 1 aliphatic heterocycles. The van der Waals surface area contributed by atoms with Crippen molar-refractivity contribution in [2.24, 2.45) is 4.99 Å². The minimum Gasteiger partial charge on any atom is -0.376 e. The van der Waals surface area contributed by atoms with Crippen molar-refractivity contribution in [3.63, 3.8) is 0 Å². The number of ether oxygens (including phenoxy) is 1.